The molecular formula is C60H50Cl2N4O. The molecule has 0 atom stereocenters. The van der Waals surface area contributed by atoms with Gasteiger partial charge in [0.1, 0.15) is 11.4 Å². The van der Waals surface area contributed by atoms with E-state index in [-0.39, 0.29) is 10.8 Å². The molecule has 0 saturated heterocycles. The minimum absolute atomic E-state index is 0.0398. The molecule has 0 amide bonds. The molecule has 0 saturated carbocycles. The first-order valence-electron chi connectivity index (χ1n) is 22.6. The molecular weight excluding hydrogens is 864 g/mol. The summed E-state index contributed by atoms with van der Waals surface area (Å²) in [7, 11) is 1.71. The van der Waals surface area contributed by atoms with Crippen LogP contribution in [0.5, 0.6) is 5.75 Å². The Kier molecular flexibility index (Phi) is 11.3. The highest BCUT2D eigenvalue weighted by Gasteiger charge is 2.24. The van der Waals surface area contributed by atoms with Gasteiger partial charge in [0.25, 0.3) is 0 Å². The summed E-state index contributed by atoms with van der Waals surface area (Å²) in [5.41, 5.74) is 17.2. The van der Waals surface area contributed by atoms with Crippen LogP contribution in [0.3, 0.4) is 0 Å². The van der Waals surface area contributed by atoms with Gasteiger partial charge in [-0.05, 0) is 129 Å². The van der Waals surface area contributed by atoms with E-state index in [4.69, 9.17) is 42.9 Å². The van der Waals surface area contributed by atoms with Gasteiger partial charge in [-0.25, -0.2) is 9.97 Å². The van der Waals surface area contributed by atoms with E-state index in [0.29, 0.717) is 10.0 Å². The normalized spacial score (nSPS) is 12.0. The van der Waals surface area contributed by atoms with Gasteiger partial charge >= 0.3 is 0 Å². The van der Waals surface area contributed by atoms with Gasteiger partial charge in [0, 0.05) is 51.1 Å². The molecule has 7 heteroatoms. The number of benzene rings is 6. The third-order valence-electron chi connectivity index (χ3n) is 12.6. The van der Waals surface area contributed by atoms with Gasteiger partial charge in [-0.3, -0.25) is 9.55 Å². The first-order valence-corrected chi connectivity index (χ1v) is 23.3. The van der Waals surface area contributed by atoms with Gasteiger partial charge < -0.3 is 4.74 Å². The zero-order valence-corrected chi connectivity index (χ0v) is 40.2. The molecule has 10 rings (SSSR count). The molecule has 0 unspecified atom stereocenters. The van der Waals surface area contributed by atoms with Crippen molar-refractivity contribution in [1.29, 1.82) is 0 Å². The highest BCUT2D eigenvalue weighted by molar-refractivity contribution is 6.42. The molecule has 6 aromatic carbocycles. The molecule has 5 nitrogen and oxygen atoms in total. The number of halogens is 2. The van der Waals surface area contributed by atoms with Crippen LogP contribution in [-0.2, 0) is 10.8 Å². The number of hydrogen-bond donors (Lipinski definition) is 0. The summed E-state index contributed by atoms with van der Waals surface area (Å²) in [4.78, 5) is 15.3. The number of methoxy groups -OCH3 is 1. The quantitative estimate of drug-likeness (QED) is 0.152. The molecule has 0 aliphatic carbocycles. The predicted octanol–water partition coefficient (Wildman–Crippen LogP) is 16.9. The summed E-state index contributed by atoms with van der Waals surface area (Å²) in [6.45, 7) is 13.7. The second-order valence-electron chi connectivity index (χ2n) is 19.2. The van der Waals surface area contributed by atoms with E-state index < -0.39 is 0 Å². The van der Waals surface area contributed by atoms with Crippen LogP contribution < -0.4 is 4.74 Å². The van der Waals surface area contributed by atoms with Crippen molar-refractivity contribution in [3.63, 3.8) is 0 Å². The van der Waals surface area contributed by atoms with Crippen molar-refractivity contribution in [2.75, 3.05) is 7.11 Å². The number of nitrogens with zero attached hydrogens (tertiary/aromatic N) is 4. The van der Waals surface area contributed by atoms with E-state index in [0.717, 1.165) is 101 Å². The SMILES string of the molecule is COc1ccccc1-c1cc(-c2cc(C(C)(C)C)cc(C(C)(C)C)c2)cc(-c2cccc(-c3cc(-c4ccc(-c5ccc(Cl)c(Cl)c5)c5c4c4cccnc4n5-c4ccccc4)ccn3)c2)n1. The smallest absolute Gasteiger partial charge is 0.145 e. The molecule has 4 heterocycles. The number of hydrogen-bond acceptors (Lipinski definition) is 4. The second kappa shape index (κ2) is 17.3. The Morgan fingerprint density at radius 1 is 0.463 bits per heavy atom. The van der Waals surface area contributed by atoms with Crippen molar-refractivity contribution in [1.82, 2.24) is 19.5 Å². The zero-order chi connectivity index (χ0) is 46.6. The molecule has 0 fully saturated rings. The van der Waals surface area contributed by atoms with E-state index in [2.05, 4.69) is 161 Å². The van der Waals surface area contributed by atoms with Crippen molar-refractivity contribution >= 4 is 45.1 Å². The fourth-order valence-electron chi connectivity index (χ4n) is 9.03. The Balaban J connectivity index is 1.14. The first-order chi connectivity index (χ1) is 32.2. The molecule has 10 aromatic rings. The van der Waals surface area contributed by atoms with Gasteiger partial charge in [-0.1, -0.05) is 150 Å². The van der Waals surface area contributed by atoms with Crippen molar-refractivity contribution in [2.45, 2.75) is 52.4 Å². The van der Waals surface area contributed by atoms with Crippen LogP contribution in [0.4, 0.5) is 0 Å². The summed E-state index contributed by atoms with van der Waals surface area (Å²) >= 11 is 13.1. The molecule has 4 aromatic heterocycles. The third-order valence-corrected chi connectivity index (χ3v) is 13.4. The average molecular weight is 914 g/mol. The van der Waals surface area contributed by atoms with Gasteiger partial charge in [0.05, 0.1) is 39.8 Å². The Morgan fingerprint density at radius 3 is 1.85 bits per heavy atom. The van der Waals surface area contributed by atoms with Crippen LogP contribution in [0, 0.1) is 0 Å². The van der Waals surface area contributed by atoms with Crippen molar-refractivity contribution in [2.24, 2.45) is 0 Å². The molecule has 0 aliphatic rings. The number of fused-ring (bicyclic) bond motifs is 3. The number of aromatic nitrogens is 4. The summed E-state index contributed by atoms with van der Waals surface area (Å²) in [5, 5.41) is 3.13. The molecule has 0 spiro atoms. The minimum atomic E-state index is -0.0398. The van der Waals surface area contributed by atoms with Gasteiger partial charge in [-0.2, -0.15) is 0 Å². The maximum atomic E-state index is 6.66. The molecule has 0 aliphatic heterocycles. The highest BCUT2D eigenvalue weighted by Crippen LogP contribution is 2.45. The highest BCUT2D eigenvalue weighted by atomic mass is 35.5. The minimum Gasteiger partial charge on any atom is -0.496 e. The van der Waals surface area contributed by atoms with E-state index >= 15 is 0 Å². The van der Waals surface area contributed by atoms with Gasteiger partial charge in [0.15, 0.2) is 0 Å². The lowest BCUT2D eigenvalue weighted by Gasteiger charge is -2.26. The maximum absolute atomic E-state index is 6.66. The van der Waals surface area contributed by atoms with E-state index in [1.807, 2.05) is 60.9 Å². The fourth-order valence-corrected chi connectivity index (χ4v) is 9.33. The van der Waals surface area contributed by atoms with Crippen LogP contribution in [0.15, 0.2) is 176 Å². The average Bonchev–Trinajstić information content (AvgIpc) is 3.69. The van der Waals surface area contributed by atoms with Crippen molar-refractivity contribution < 1.29 is 4.74 Å². The Morgan fingerprint density at radius 2 is 1.12 bits per heavy atom. The zero-order valence-electron chi connectivity index (χ0n) is 38.7. The Hall–Kier alpha value is -7.05. The van der Waals surface area contributed by atoms with E-state index in [9.17, 15) is 0 Å². The number of rotatable bonds is 8. The Bertz CT molecular complexity index is 3470. The molecule has 67 heavy (non-hydrogen) atoms. The fraction of sp³-hybridized carbons (Fsp3) is 0.150. The van der Waals surface area contributed by atoms with Crippen LogP contribution in [0.25, 0.3) is 94.8 Å². The second-order valence-corrected chi connectivity index (χ2v) is 20.0. The van der Waals surface area contributed by atoms with Crippen molar-refractivity contribution in [3.8, 4) is 78.6 Å². The lowest BCUT2D eigenvalue weighted by atomic mass is 9.79. The summed E-state index contributed by atoms with van der Waals surface area (Å²) in [6, 6.07) is 57.1. The maximum Gasteiger partial charge on any atom is 0.145 e. The topological polar surface area (TPSA) is 52.8 Å². The summed E-state index contributed by atoms with van der Waals surface area (Å²) in [6.07, 6.45) is 3.75. The molecule has 330 valence electrons. The third kappa shape index (κ3) is 8.39. The lowest BCUT2D eigenvalue weighted by molar-refractivity contribution is 0.416. The lowest BCUT2D eigenvalue weighted by Crippen LogP contribution is -2.16. The molecule has 0 N–H and O–H groups in total. The number of para-hydroxylation sites is 2. The van der Waals surface area contributed by atoms with E-state index in [1.165, 1.54) is 11.1 Å². The largest absolute Gasteiger partial charge is 0.496 e. The van der Waals surface area contributed by atoms with Crippen LogP contribution in [0.1, 0.15) is 52.7 Å². The molecule has 0 radical (unpaired) electrons. The number of ether oxygens (including phenoxy) is 1. The monoisotopic (exact) mass is 912 g/mol. The number of pyridine rings is 3. The summed E-state index contributed by atoms with van der Waals surface area (Å²) in [5.74, 6) is 0.772. The van der Waals surface area contributed by atoms with Crippen LogP contribution >= 0.6 is 23.2 Å². The predicted molar refractivity (Wildman–Crippen MR) is 281 cm³/mol. The van der Waals surface area contributed by atoms with E-state index in [1.54, 1.807) is 7.11 Å². The van der Waals surface area contributed by atoms with Crippen LogP contribution in [-0.4, -0.2) is 26.6 Å². The standard InChI is InChI=1S/C60H50Cl2N4O/c1-59(2,3)43-30-41(31-44(36-43)60(4,5)6)42-34-53(65-54(35-42)48-19-11-12-21-55(48)67-7)40-16-13-15-39(29-40)52-33-38(26-28-63-52)46-23-24-47(37-22-25-50(61)51(62)32-37)57-56(46)49-20-14-27-64-58(49)66(57)45-17-9-8-10-18-45/h8-36H,1-7H3. The first kappa shape index (κ1) is 43.8. The van der Waals surface area contributed by atoms with Crippen molar-refractivity contribution in [3.05, 3.63) is 197 Å². The summed E-state index contributed by atoms with van der Waals surface area (Å²) < 4.78 is 8.14. The Labute approximate surface area is 402 Å². The van der Waals surface area contributed by atoms with Gasteiger partial charge in [-0.15, -0.1) is 0 Å². The molecule has 0 bridgehead atoms. The van der Waals surface area contributed by atoms with Crippen LogP contribution in [0.2, 0.25) is 10.0 Å². The van der Waals surface area contributed by atoms with Gasteiger partial charge in [0.2, 0.25) is 0 Å².